The van der Waals surface area contributed by atoms with Crippen LogP contribution in [0.3, 0.4) is 0 Å². The minimum absolute atomic E-state index is 0.0121. The highest BCUT2D eigenvalue weighted by molar-refractivity contribution is 14.1. The van der Waals surface area contributed by atoms with E-state index >= 15 is 0 Å². The van der Waals surface area contributed by atoms with E-state index in [9.17, 15) is 23.3 Å². The third-order valence-corrected chi connectivity index (χ3v) is 7.46. The lowest BCUT2D eigenvalue weighted by molar-refractivity contribution is 0.118. The Morgan fingerprint density at radius 3 is 2.60 bits per heavy atom. The Kier molecular flexibility index (Phi) is 4.11. The number of methoxy groups -OCH3 is 1. The lowest BCUT2D eigenvalue weighted by atomic mass is 10.0. The van der Waals surface area contributed by atoms with Gasteiger partial charge in [-0.05, 0) is 54.2 Å². The van der Waals surface area contributed by atoms with Crippen molar-refractivity contribution in [1.82, 2.24) is 9.38 Å². The van der Waals surface area contributed by atoms with Crippen molar-refractivity contribution in [3.05, 3.63) is 34.2 Å². The van der Waals surface area contributed by atoms with Gasteiger partial charge >= 0.3 is 0 Å². The van der Waals surface area contributed by atoms with Crippen molar-refractivity contribution in [3.8, 4) is 11.9 Å². The molecule has 2 aromatic heterocycles. The monoisotopic (exact) mass is 475 g/mol. The second-order valence-corrected chi connectivity index (χ2v) is 8.92. The number of nitriles is 1. The van der Waals surface area contributed by atoms with Gasteiger partial charge in [-0.1, -0.05) is 0 Å². The minimum Gasteiger partial charge on any atom is -0.494 e. The van der Waals surface area contributed by atoms with Gasteiger partial charge in [0.1, 0.15) is 6.07 Å². The Morgan fingerprint density at radius 2 is 2.08 bits per heavy atom. The molecule has 0 radical (unpaired) electrons. The standard InChI is InChI=1S/C15H14IN3O5S/c1-7-8(2)14(20)19-10-4-5-15(16,24-3)12(25(21,22)23)11(10)18-13(19)9(7)6-17/h4-5,12,20H,1-3H3,(H,21,22,23)/t12?,15-/m0/s1. The molecule has 3 rings (SSSR count). The molecule has 0 saturated heterocycles. The van der Waals surface area contributed by atoms with E-state index in [-0.39, 0.29) is 28.5 Å². The highest BCUT2D eigenvalue weighted by Crippen LogP contribution is 2.47. The lowest BCUT2D eigenvalue weighted by Gasteiger charge is -2.31. The van der Waals surface area contributed by atoms with Crippen LogP contribution in [0, 0.1) is 25.2 Å². The molecule has 0 bridgehead atoms. The van der Waals surface area contributed by atoms with Gasteiger partial charge in [-0.15, -0.1) is 0 Å². The van der Waals surface area contributed by atoms with Crippen LogP contribution in [0.1, 0.15) is 33.3 Å². The van der Waals surface area contributed by atoms with E-state index in [1.165, 1.54) is 17.6 Å². The Balaban J connectivity index is 2.51. The van der Waals surface area contributed by atoms with E-state index < -0.39 is 19.0 Å². The predicted molar refractivity (Wildman–Crippen MR) is 98.1 cm³/mol. The summed E-state index contributed by atoms with van der Waals surface area (Å²) in [5.41, 5.74) is 1.68. The second-order valence-electron chi connectivity index (χ2n) is 5.73. The molecule has 0 aromatic carbocycles. The zero-order valence-electron chi connectivity index (χ0n) is 13.5. The molecule has 0 saturated carbocycles. The van der Waals surface area contributed by atoms with Crippen LogP contribution in [0.2, 0.25) is 0 Å². The minimum atomic E-state index is -4.58. The third-order valence-electron chi connectivity index (χ3n) is 4.45. The molecule has 0 amide bonds. The molecule has 1 aliphatic carbocycles. The van der Waals surface area contributed by atoms with Crippen molar-refractivity contribution in [2.75, 3.05) is 7.11 Å². The Morgan fingerprint density at radius 1 is 1.44 bits per heavy atom. The number of ether oxygens (including phenoxy) is 1. The van der Waals surface area contributed by atoms with Crippen LogP contribution in [0.5, 0.6) is 5.88 Å². The molecule has 2 heterocycles. The number of imidazole rings is 1. The fourth-order valence-electron chi connectivity index (χ4n) is 3.00. The number of alkyl halides is 1. The summed E-state index contributed by atoms with van der Waals surface area (Å²) in [4.78, 5) is 4.28. The number of aromatic hydroxyl groups is 1. The molecule has 0 spiro atoms. The summed E-state index contributed by atoms with van der Waals surface area (Å²) >= 11 is 1.78. The highest BCUT2D eigenvalue weighted by Gasteiger charge is 2.49. The van der Waals surface area contributed by atoms with Crippen molar-refractivity contribution in [1.29, 1.82) is 5.26 Å². The van der Waals surface area contributed by atoms with Gasteiger partial charge in [0.2, 0.25) is 5.88 Å². The van der Waals surface area contributed by atoms with Gasteiger partial charge in [0.05, 0.1) is 17.0 Å². The SMILES string of the molecule is CO[C@@]1(I)C=Cc2c(nc3c(C#N)c(C)c(C)c(O)n23)C1S(=O)(=O)O. The topological polar surface area (TPSA) is 125 Å². The fraction of sp³-hybridized carbons (Fsp3) is 0.333. The van der Waals surface area contributed by atoms with Crippen molar-refractivity contribution >= 4 is 44.4 Å². The van der Waals surface area contributed by atoms with Gasteiger partial charge in [0.15, 0.2) is 14.5 Å². The van der Waals surface area contributed by atoms with Crippen LogP contribution >= 0.6 is 22.6 Å². The van der Waals surface area contributed by atoms with Gasteiger partial charge in [0.25, 0.3) is 10.1 Å². The maximum Gasteiger partial charge on any atom is 0.277 e. The Labute approximate surface area is 157 Å². The van der Waals surface area contributed by atoms with E-state index in [1.807, 2.05) is 6.07 Å². The van der Waals surface area contributed by atoms with Gasteiger partial charge < -0.3 is 9.84 Å². The Bertz CT molecular complexity index is 1080. The number of hydrogen-bond acceptors (Lipinski definition) is 6. The number of nitrogens with zero attached hydrogens (tertiary/aromatic N) is 3. The van der Waals surface area contributed by atoms with E-state index in [2.05, 4.69) is 4.98 Å². The first-order chi connectivity index (χ1) is 11.6. The number of aromatic nitrogens is 2. The number of pyridine rings is 1. The Hall–Kier alpha value is -1.68. The summed E-state index contributed by atoms with van der Waals surface area (Å²) in [7, 11) is -3.26. The van der Waals surface area contributed by atoms with Crippen molar-refractivity contribution in [2.24, 2.45) is 0 Å². The molecule has 1 unspecified atom stereocenters. The number of rotatable bonds is 2. The number of hydrogen-bond donors (Lipinski definition) is 2. The predicted octanol–water partition coefficient (Wildman–Crippen LogP) is 2.26. The summed E-state index contributed by atoms with van der Waals surface area (Å²) in [5, 5.41) is 18.5. The van der Waals surface area contributed by atoms with E-state index in [4.69, 9.17) is 4.74 Å². The molecule has 2 atom stereocenters. The lowest BCUT2D eigenvalue weighted by Crippen LogP contribution is -2.37. The highest BCUT2D eigenvalue weighted by atomic mass is 127. The van der Waals surface area contributed by atoms with Crippen molar-refractivity contribution in [3.63, 3.8) is 0 Å². The number of fused-ring (bicyclic) bond motifs is 3. The molecule has 25 heavy (non-hydrogen) atoms. The normalized spacial score (nSPS) is 22.8. The number of halogens is 1. The van der Waals surface area contributed by atoms with Gasteiger partial charge in [0, 0.05) is 12.7 Å². The average molecular weight is 475 g/mol. The zero-order chi connectivity index (χ0) is 18.7. The quantitative estimate of drug-likeness (QED) is 0.388. The summed E-state index contributed by atoms with van der Waals surface area (Å²) in [6, 6.07) is 2.04. The van der Waals surface area contributed by atoms with Crippen LogP contribution in [0.25, 0.3) is 11.7 Å². The van der Waals surface area contributed by atoms with E-state index in [0.29, 0.717) is 11.1 Å². The third kappa shape index (κ3) is 2.45. The molecule has 8 nitrogen and oxygen atoms in total. The summed E-state index contributed by atoms with van der Waals surface area (Å²) in [6.45, 7) is 3.33. The van der Waals surface area contributed by atoms with Crippen LogP contribution in [0.4, 0.5) is 0 Å². The maximum atomic E-state index is 12.0. The molecule has 0 aliphatic heterocycles. The van der Waals surface area contributed by atoms with Gasteiger partial charge in [-0.2, -0.15) is 13.7 Å². The van der Waals surface area contributed by atoms with Gasteiger partial charge in [-0.25, -0.2) is 4.98 Å². The maximum absolute atomic E-state index is 12.0. The molecule has 2 N–H and O–H groups in total. The first kappa shape index (κ1) is 18.1. The largest absolute Gasteiger partial charge is 0.494 e. The molecule has 132 valence electrons. The first-order valence-corrected chi connectivity index (χ1v) is 9.69. The first-order valence-electron chi connectivity index (χ1n) is 7.11. The molecule has 2 aromatic rings. The molecule has 10 heteroatoms. The van der Waals surface area contributed by atoms with Crippen LogP contribution < -0.4 is 0 Å². The van der Waals surface area contributed by atoms with Crippen molar-refractivity contribution < 1.29 is 22.8 Å². The smallest absolute Gasteiger partial charge is 0.277 e. The fourth-order valence-corrected chi connectivity index (χ4v) is 5.47. The van der Waals surface area contributed by atoms with Crippen molar-refractivity contribution in [2.45, 2.75) is 22.7 Å². The molecular weight excluding hydrogens is 461 g/mol. The van der Waals surface area contributed by atoms with E-state index in [1.54, 1.807) is 42.5 Å². The zero-order valence-corrected chi connectivity index (χ0v) is 16.5. The summed E-state index contributed by atoms with van der Waals surface area (Å²) < 4.78 is 39.1. The van der Waals surface area contributed by atoms with Gasteiger partial charge in [-0.3, -0.25) is 8.95 Å². The van der Waals surface area contributed by atoms with Crippen LogP contribution in [-0.2, 0) is 14.9 Å². The summed E-state index contributed by atoms with van der Waals surface area (Å²) in [6.07, 6.45) is 3.03. The van der Waals surface area contributed by atoms with E-state index in [0.717, 1.165) is 0 Å². The average Bonchev–Trinajstić information content (AvgIpc) is 2.90. The summed E-state index contributed by atoms with van der Waals surface area (Å²) in [5.74, 6) is -0.141. The van der Waals surface area contributed by atoms with Crippen LogP contribution in [-0.4, -0.2) is 38.2 Å². The molecular formula is C15H14IN3O5S. The van der Waals surface area contributed by atoms with Crippen LogP contribution in [0.15, 0.2) is 6.08 Å². The molecule has 0 fully saturated rings. The second kappa shape index (κ2) is 5.66. The molecule has 1 aliphatic rings.